The van der Waals surface area contributed by atoms with Gasteiger partial charge in [-0.1, -0.05) is 0 Å². The number of carbonyl (C=O) groups is 1. The van der Waals surface area contributed by atoms with Crippen LogP contribution in [-0.4, -0.2) is 12.1 Å². The third kappa shape index (κ3) is 2.41. The number of carbonyl (C=O) groups excluding carboxylic acids is 1. The van der Waals surface area contributed by atoms with Crippen molar-refractivity contribution in [3.8, 4) is 0 Å². The summed E-state index contributed by atoms with van der Waals surface area (Å²) in [6.07, 6.45) is 5.89. The van der Waals surface area contributed by atoms with E-state index in [0.717, 1.165) is 30.6 Å². The van der Waals surface area contributed by atoms with Crippen molar-refractivity contribution in [3.05, 3.63) is 39.7 Å². The normalized spacial score (nSPS) is 14.7. The van der Waals surface area contributed by atoms with Crippen molar-refractivity contribution < 1.29 is 9.21 Å². The molecule has 0 bridgehead atoms. The maximum Gasteiger partial charge on any atom is 0.252 e. The van der Waals surface area contributed by atoms with E-state index in [9.17, 15) is 4.79 Å². The fraction of sp³-hybridized carbons (Fsp3) is 0.333. The van der Waals surface area contributed by atoms with Crippen molar-refractivity contribution in [2.45, 2.75) is 32.6 Å². The molecule has 1 aliphatic carbocycles. The molecule has 1 aliphatic rings. The Morgan fingerprint density at radius 1 is 1.40 bits per heavy atom. The van der Waals surface area contributed by atoms with Crippen LogP contribution in [0.2, 0.25) is 0 Å². The van der Waals surface area contributed by atoms with Gasteiger partial charge >= 0.3 is 0 Å². The zero-order valence-electron chi connectivity index (χ0n) is 11.3. The molecule has 104 valence electrons. The second kappa shape index (κ2) is 5.25. The lowest BCUT2D eigenvalue weighted by atomic mass is 9.95. The highest BCUT2D eigenvalue weighted by Gasteiger charge is 2.23. The smallest absolute Gasteiger partial charge is 0.252 e. The van der Waals surface area contributed by atoms with Gasteiger partial charge in [-0.2, -0.15) is 0 Å². The highest BCUT2D eigenvalue weighted by molar-refractivity contribution is 7.16. The summed E-state index contributed by atoms with van der Waals surface area (Å²) in [5, 5.41) is 0.707. The van der Waals surface area contributed by atoms with Crippen LogP contribution in [0, 0.1) is 6.92 Å². The Hall–Kier alpha value is -1.88. The summed E-state index contributed by atoms with van der Waals surface area (Å²) in [4.78, 5) is 17.4. The topological polar surface area (TPSA) is 68.6 Å². The molecular weight excluding hydrogens is 272 g/mol. The maximum absolute atomic E-state index is 11.7. The first-order valence-electron chi connectivity index (χ1n) is 6.70. The quantitative estimate of drug-likeness (QED) is 0.880. The minimum atomic E-state index is -0.382. The number of hydrogen-bond donors (Lipinski definition) is 1. The lowest BCUT2D eigenvalue weighted by Crippen LogP contribution is -2.14. The Bertz CT molecular complexity index is 682. The van der Waals surface area contributed by atoms with Gasteiger partial charge in [0.1, 0.15) is 16.5 Å². The van der Waals surface area contributed by atoms with E-state index < -0.39 is 0 Å². The molecule has 20 heavy (non-hydrogen) atoms. The average Bonchev–Trinajstić information content (AvgIpc) is 2.99. The van der Waals surface area contributed by atoms with Gasteiger partial charge in [-0.05, 0) is 50.3 Å². The van der Waals surface area contributed by atoms with E-state index in [1.54, 1.807) is 17.6 Å². The first-order valence-corrected chi connectivity index (χ1v) is 7.51. The van der Waals surface area contributed by atoms with Gasteiger partial charge < -0.3 is 10.2 Å². The predicted octanol–water partition coefficient (Wildman–Crippen LogP) is 3.38. The largest absolute Gasteiger partial charge is 0.460 e. The lowest BCUT2D eigenvalue weighted by molar-refractivity contribution is 0.100. The molecule has 5 heteroatoms. The van der Waals surface area contributed by atoms with Crippen LogP contribution in [0.1, 0.15) is 45.2 Å². The van der Waals surface area contributed by atoms with Crippen molar-refractivity contribution in [1.29, 1.82) is 0 Å². The van der Waals surface area contributed by atoms with E-state index in [4.69, 9.17) is 10.2 Å². The number of aliphatic imine (C=N–C) groups is 1. The number of fused-ring (bicyclic) bond motifs is 1. The van der Waals surface area contributed by atoms with Gasteiger partial charge in [-0.25, -0.2) is 4.99 Å². The molecule has 0 aliphatic heterocycles. The Morgan fingerprint density at radius 2 is 2.20 bits per heavy atom. The molecular formula is C15H16N2O2S. The summed E-state index contributed by atoms with van der Waals surface area (Å²) in [7, 11) is 0. The van der Waals surface area contributed by atoms with Gasteiger partial charge in [0.15, 0.2) is 0 Å². The Labute approximate surface area is 121 Å². The number of furan rings is 1. The van der Waals surface area contributed by atoms with Gasteiger partial charge in [-0.3, -0.25) is 4.79 Å². The van der Waals surface area contributed by atoms with E-state index in [1.807, 2.05) is 19.1 Å². The van der Waals surface area contributed by atoms with Crippen LogP contribution in [0.5, 0.6) is 0 Å². The highest BCUT2D eigenvalue weighted by atomic mass is 32.1. The van der Waals surface area contributed by atoms with Crippen LogP contribution in [-0.2, 0) is 12.8 Å². The molecule has 0 radical (unpaired) electrons. The second-order valence-electron chi connectivity index (χ2n) is 4.96. The molecule has 0 unspecified atom stereocenters. The monoisotopic (exact) mass is 288 g/mol. The van der Waals surface area contributed by atoms with Crippen molar-refractivity contribution in [3.63, 3.8) is 0 Å². The minimum absolute atomic E-state index is 0.382. The second-order valence-corrected chi connectivity index (χ2v) is 6.05. The SMILES string of the molecule is Cc1ccc(/C=N/c2sc3c(c2C(N)=O)CCCC3)o1. The fourth-order valence-corrected chi connectivity index (χ4v) is 3.78. The van der Waals surface area contributed by atoms with Gasteiger partial charge in [-0.15, -0.1) is 11.3 Å². The molecule has 0 aromatic carbocycles. The van der Waals surface area contributed by atoms with Crippen molar-refractivity contribution >= 4 is 28.5 Å². The molecule has 0 fully saturated rings. The summed E-state index contributed by atoms with van der Waals surface area (Å²) in [6.45, 7) is 1.88. The zero-order valence-corrected chi connectivity index (χ0v) is 12.1. The molecule has 2 N–H and O–H groups in total. The van der Waals surface area contributed by atoms with Crippen LogP contribution in [0.25, 0.3) is 0 Å². The molecule has 2 heterocycles. The highest BCUT2D eigenvalue weighted by Crippen LogP contribution is 2.39. The van der Waals surface area contributed by atoms with Crippen molar-refractivity contribution in [2.24, 2.45) is 10.7 Å². The predicted molar refractivity (Wildman–Crippen MR) is 80.2 cm³/mol. The summed E-state index contributed by atoms with van der Waals surface area (Å²) in [6, 6.07) is 3.74. The van der Waals surface area contributed by atoms with E-state index >= 15 is 0 Å². The number of rotatable bonds is 3. The van der Waals surface area contributed by atoms with Gasteiger partial charge in [0, 0.05) is 4.88 Å². The minimum Gasteiger partial charge on any atom is -0.460 e. The molecule has 4 nitrogen and oxygen atoms in total. The molecule has 0 spiro atoms. The molecule has 2 aromatic rings. The summed E-state index contributed by atoms with van der Waals surface area (Å²) in [5.41, 5.74) is 7.24. The van der Waals surface area contributed by atoms with E-state index in [2.05, 4.69) is 4.99 Å². The third-order valence-electron chi connectivity index (χ3n) is 3.47. The van der Waals surface area contributed by atoms with Gasteiger partial charge in [0.05, 0.1) is 11.8 Å². The third-order valence-corrected chi connectivity index (χ3v) is 4.67. The number of aryl methyl sites for hydroxylation is 2. The van der Waals surface area contributed by atoms with Crippen LogP contribution in [0.3, 0.4) is 0 Å². The maximum atomic E-state index is 11.7. The standard InChI is InChI=1S/C15H16N2O2S/c1-9-6-7-10(19-9)8-17-15-13(14(16)18)11-4-2-3-5-12(11)20-15/h6-8H,2-5H2,1H3,(H2,16,18)/b17-8+. The molecule has 0 saturated heterocycles. The molecule has 0 atom stereocenters. The number of amides is 1. The Kier molecular flexibility index (Phi) is 3.44. The fourth-order valence-electron chi connectivity index (χ4n) is 2.54. The van der Waals surface area contributed by atoms with E-state index in [1.165, 1.54) is 11.3 Å². The zero-order chi connectivity index (χ0) is 14.1. The van der Waals surface area contributed by atoms with Crippen LogP contribution in [0.15, 0.2) is 21.5 Å². The summed E-state index contributed by atoms with van der Waals surface area (Å²) < 4.78 is 5.45. The number of primary amides is 1. The van der Waals surface area contributed by atoms with E-state index in [0.29, 0.717) is 16.3 Å². The van der Waals surface area contributed by atoms with Gasteiger partial charge in [0.2, 0.25) is 0 Å². The number of nitrogens with two attached hydrogens (primary N) is 1. The number of nitrogens with zero attached hydrogens (tertiary/aromatic N) is 1. The van der Waals surface area contributed by atoms with Crippen molar-refractivity contribution in [1.82, 2.24) is 0 Å². The molecule has 3 rings (SSSR count). The molecule has 0 saturated carbocycles. The first-order chi connectivity index (χ1) is 9.65. The molecule has 2 aromatic heterocycles. The van der Waals surface area contributed by atoms with E-state index in [-0.39, 0.29) is 5.91 Å². The number of hydrogen-bond acceptors (Lipinski definition) is 4. The summed E-state index contributed by atoms with van der Waals surface area (Å²) >= 11 is 1.58. The Balaban J connectivity index is 1.98. The van der Waals surface area contributed by atoms with Crippen LogP contribution in [0.4, 0.5) is 5.00 Å². The number of thiophene rings is 1. The summed E-state index contributed by atoms with van der Waals surface area (Å²) in [5.74, 6) is 1.14. The van der Waals surface area contributed by atoms with Crippen molar-refractivity contribution in [2.75, 3.05) is 0 Å². The van der Waals surface area contributed by atoms with Gasteiger partial charge in [0.25, 0.3) is 5.91 Å². The first kappa shape index (κ1) is 13.1. The Morgan fingerprint density at radius 3 is 2.90 bits per heavy atom. The lowest BCUT2D eigenvalue weighted by Gasteiger charge is -2.10. The van der Waals surface area contributed by atoms with Crippen LogP contribution >= 0.6 is 11.3 Å². The van der Waals surface area contributed by atoms with Crippen LogP contribution < -0.4 is 5.73 Å². The average molecular weight is 288 g/mol. The molecule has 1 amide bonds.